The molecule has 23 nitrogen and oxygen atoms in total. The maximum absolute atomic E-state index is 13.6. The van der Waals surface area contributed by atoms with Gasteiger partial charge in [0.25, 0.3) is 5.79 Å². The summed E-state index contributed by atoms with van der Waals surface area (Å²) in [5.74, 6) is -6.10. The van der Waals surface area contributed by atoms with Gasteiger partial charge in [0.05, 0.1) is 50.7 Å². The predicted molar refractivity (Wildman–Crippen MR) is 394 cm³/mol. The lowest BCUT2D eigenvalue weighted by atomic mass is 9.88. The van der Waals surface area contributed by atoms with E-state index < -0.39 is 148 Å². The zero-order valence-electron chi connectivity index (χ0n) is 63.5. The molecule has 23 heteroatoms. The van der Waals surface area contributed by atoms with Crippen LogP contribution in [-0.2, 0) is 42.8 Å². The molecule has 0 aromatic rings. The Morgan fingerprint density at radius 2 is 0.912 bits per heavy atom. The first-order valence-corrected chi connectivity index (χ1v) is 41.0. The van der Waals surface area contributed by atoms with Crippen molar-refractivity contribution in [1.29, 1.82) is 0 Å². The molecule has 0 aromatic heterocycles. The molecule has 0 spiro atoms. The number of aliphatic hydroxyl groups is 11. The van der Waals surface area contributed by atoms with E-state index in [1.807, 2.05) is 0 Å². The summed E-state index contributed by atoms with van der Waals surface area (Å²) in [5, 5.41) is 137. The number of allylic oxidation sites excluding steroid dienone is 2. The van der Waals surface area contributed by atoms with Crippen LogP contribution < -0.4 is 10.6 Å². The molecule has 3 heterocycles. The first-order chi connectivity index (χ1) is 49.4. The standard InChI is InChI=1S/C79H148N2O21/c1-4-6-8-10-12-14-16-18-20-22-24-26-28-29-31-32-34-36-38-40-42-44-46-48-50-52-61(86)60(81-66(89)53-51-49-47-45-43-41-39-37-35-33-30-27-25-23-21-19-17-15-13-11-9-7-5-2)58-97-76-71(93)70(92)73(65(57-84)99-76)100-77-72(94)75(69(91)64(56-83)98-77)102-79(78(95)96)54-62(87)67(80-59(3)85)74(101-79)68(90)63(88)55-82/h33,35,60-65,67-77,82-84,86-88,90-94H,4-32,34,36-58H2,1-3H3,(H,80,85)(H,81,89)(H,95,96)/b35-33-. The highest BCUT2D eigenvalue weighted by Crippen LogP contribution is 2.39. The van der Waals surface area contributed by atoms with Crippen LogP contribution in [0.2, 0.25) is 0 Å². The Morgan fingerprint density at radius 1 is 0.500 bits per heavy atom. The quantitative estimate of drug-likeness (QED) is 0.0199. The second kappa shape index (κ2) is 58.5. The summed E-state index contributed by atoms with van der Waals surface area (Å²) in [5.41, 5.74) is 0. The normalized spacial score (nSPS) is 26.7. The molecule has 3 aliphatic heterocycles. The van der Waals surface area contributed by atoms with Crippen molar-refractivity contribution in [2.45, 2.75) is 445 Å². The van der Waals surface area contributed by atoms with Crippen LogP contribution in [0.25, 0.3) is 0 Å². The van der Waals surface area contributed by atoms with Crippen LogP contribution in [0.15, 0.2) is 12.2 Å². The van der Waals surface area contributed by atoms with Gasteiger partial charge in [0.2, 0.25) is 11.8 Å². The van der Waals surface area contributed by atoms with Crippen molar-refractivity contribution in [3.63, 3.8) is 0 Å². The lowest BCUT2D eigenvalue weighted by Crippen LogP contribution is -2.70. The number of amides is 2. The van der Waals surface area contributed by atoms with Gasteiger partial charge in [0, 0.05) is 19.8 Å². The molecular weight excluding hydrogens is 1310 g/mol. The molecular formula is C79H148N2O21. The van der Waals surface area contributed by atoms with Crippen LogP contribution in [-0.4, -0.2) is 215 Å². The van der Waals surface area contributed by atoms with Crippen LogP contribution in [0.4, 0.5) is 0 Å². The van der Waals surface area contributed by atoms with Gasteiger partial charge >= 0.3 is 5.97 Å². The van der Waals surface area contributed by atoms with Gasteiger partial charge in [-0.2, -0.15) is 0 Å². The number of carbonyl (C=O) groups is 3. The SMILES string of the molecule is CCCCCCCCCCCCCC/C=C\CCCCCCCCCC(=O)NC(COC1OC(CO)C(OC2OC(CO)C(O)C(OC3(C(=O)O)CC(O)C(NC(C)=O)C(C(O)C(O)CO)O3)C2O)C(O)C1O)C(O)CCCCCCCCCCCCCCCCCCCCCCCCCCC. The number of aliphatic carboxylic acids is 1. The summed E-state index contributed by atoms with van der Waals surface area (Å²) in [6.07, 6.45) is 33.4. The van der Waals surface area contributed by atoms with E-state index in [1.165, 1.54) is 205 Å². The first-order valence-electron chi connectivity index (χ1n) is 41.0. The third-order valence-corrected chi connectivity index (χ3v) is 21.0. The summed E-state index contributed by atoms with van der Waals surface area (Å²) in [6, 6.07) is -2.53. The van der Waals surface area contributed by atoms with Gasteiger partial charge in [0.1, 0.15) is 67.1 Å². The molecule has 0 aromatic carbocycles. The molecule has 2 amide bonds. The molecule has 3 fully saturated rings. The fourth-order valence-corrected chi connectivity index (χ4v) is 14.5. The molecule has 102 heavy (non-hydrogen) atoms. The van der Waals surface area contributed by atoms with Gasteiger partial charge in [-0.25, -0.2) is 4.79 Å². The Hall–Kier alpha value is -2.53. The number of ether oxygens (including phenoxy) is 6. The molecule has 0 aliphatic carbocycles. The van der Waals surface area contributed by atoms with E-state index in [-0.39, 0.29) is 18.9 Å². The van der Waals surface area contributed by atoms with Crippen molar-refractivity contribution < 1.29 is 104 Å². The van der Waals surface area contributed by atoms with Gasteiger partial charge in [-0.15, -0.1) is 0 Å². The molecule has 0 bridgehead atoms. The number of nitrogens with one attached hydrogen (secondary N) is 2. The third kappa shape index (κ3) is 38.5. The van der Waals surface area contributed by atoms with E-state index in [0.717, 1.165) is 84.0 Å². The second-order valence-electron chi connectivity index (χ2n) is 30.0. The average Bonchev–Trinajstić information content (AvgIpc) is 0.755. The number of carbonyl (C=O) groups excluding carboxylic acids is 2. The van der Waals surface area contributed by atoms with E-state index in [1.54, 1.807) is 0 Å². The lowest BCUT2D eigenvalue weighted by molar-refractivity contribution is -0.386. The Morgan fingerprint density at radius 3 is 1.32 bits per heavy atom. The van der Waals surface area contributed by atoms with E-state index in [2.05, 4.69) is 36.6 Å². The van der Waals surface area contributed by atoms with Crippen molar-refractivity contribution in [3.8, 4) is 0 Å². The van der Waals surface area contributed by atoms with Crippen LogP contribution in [0, 0.1) is 0 Å². The Bertz CT molecular complexity index is 2080. The molecule has 0 radical (unpaired) electrons. The summed E-state index contributed by atoms with van der Waals surface area (Å²) in [7, 11) is 0. The molecule has 14 N–H and O–H groups in total. The zero-order chi connectivity index (χ0) is 74.6. The minimum Gasteiger partial charge on any atom is -0.477 e. The van der Waals surface area contributed by atoms with Gasteiger partial charge in [-0.3, -0.25) is 9.59 Å². The van der Waals surface area contributed by atoms with E-state index >= 15 is 0 Å². The highest BCUT2D eigenvalue weighted by Gasteiger charge is 2.60. The summed E-state index contributed by atoms with van der Waals surface area (Å²) in [6.45, 7) is 2.26. The minimum atomic E-state index is -3.08. The molecule has 0 saturated carbocycles. The van der Waals surface area contributed by atoms with E-state index in [0.29, 0.717) is 19.3 Å². The van der Waals surface area contributed by atoms with Crippen LogP contribution in [0.3, 0.4) is 0 Å². The molecule has 3 aliphatic rings. The summed E-state index contributed by atoms with van der Waals surface area (Å²) < 4.78 is 35.0. The smallest absolute Gasteiger partial charge is 0.364 e. The van der Waals surface area contributed by atoms with Crippen LogP contribution >= 0.6 is 0 Å². The van der Waals surface area contributed by atoms with E-state index in [9.17, 15) is 75.7 Å². The van der Waals surface area contributed by atoms with Gasteiger partial charge in [-0.1, -0.05) is 289 Å². The highest BCUT2D eigenvalue weighted by atomic mass is 16.8. The number of hydrogen-bond acceptors (Lipinski definition) is 20. The highest BCUT2D eigenvalue weighted by molar-refractivity contribution is 5.77. The Labute approximate surface area is 613 Å². The van der Waals surface area contributed by atoms with Crippen molar-refractivity contribution in [3.05, 3.63) is 12.2 Å². The number of carboxylic acid groups (broad SMARTS) is 1. The molecule has 18 unspecified atom stereocenters. The molecule has 3 saturated heterocycles. The minimum absolute atomic E-state index is 0.221. The summed E-state index contributed by atoms with van der Waals surface area (Å²) in [4.78, 5) is 38.7. The van der Waals surface area contributed by atoms with Gasteiger partial charge < -0.3 is 100 Å². The number of aliphatic hydroxyl groups excluding tert-OH is 11. The van der Waals surface area contributed by atoms with Crippen molar-refractivity contribution in [2.24, 2.45) is 0 Å². The topological polar surface area (TPSA) is 373 Å². The monoisotopic (exact) mass is 1460 g/mol. The van der Waals surface area contributed by atoms with Crippen LogP contribution in [0.5, 0.6) is 0 Å². The zero-order valence-corrected chi connectivity index (χ0v) is 63.5. The first kappa shape index (κ1) is 93.7. The molecule has 3 rings (SSSR count). The largest absolute Gasteiger partial charge is 0.477 e. The molecule has 600 valence electrons. The number of rotatable bonds is 65. The maximum Gasteiger partial charge on any atom is 0.364 e. The fraction of sp³-hybridized carbons (Fsp3) is 0.937. The maximum atomic E-state index is 13.6. The van der Waals surface area contributed by atoms with Gasteiger partial charge in [-0.05, 0) is 38.5 Å². The third-order valence-electron chi connectivity index (χ3n) is 21.0. The Kier molecular flexibility index (Phi) is 53.7. The Balaban J connectivity index is 1.51. The number of hydrogen-bond donors (Lipinski definition) is 14. The number of carboxylic acids is 1. The van der Waals surface area contributed by atoms with Crippen LogP contribution in [0.1, 0.15) is 335 Å². The predicted octanol–water partition coefficient (Wildman–Crippen LogP) is 11.0. The van der Waals surface area contributed by atoms with E-state index in [4.69, 9.17) is 28.4 Å². The number of unbranched alkanes of at least 4 members (excludes halogenated alkanes) is 43. The second-order valence-corrected chi connectivity index (χ2v) is 30.0. The van der Waals surface area contributed by atoms with Gasteiger partial charge in [0.15, 0.2) is 12.6 Å². The van der Waals surface area contributed by atoms with Crippen molar-refractivity contribution >= 4 is 17.8 Å². The average molecular weight is 1460 g/mol. The summed E-state index contributed by atoms with van der Waals surface area (Å²) >= 11 is 0. The lowest BCUT2D eigenvalue weighted by Gasteiger charge is -2.50. The van der Waals surface area contributed by atoms with Crippen molar-refractivity contribution in [1.82, 2.24) is 10.6 Å². The fourth-order valence-electron chi connectivity index (χ4n) is 14.5. The molecule has 18 atom stereocenters. The van der Waals surface area contributed by atoms with Crippen molar-refractivity contribution in [2.75, 3.05) is 26.4 Å².